The van der Waals surface area contributed by atoms with Crippen LogP contribution >= 0.6 is 0 Å². The van der Waals surface area contributed by atoms with Gasteiger partial charge in [-0.25, -0.2) is 0 Å². The van der Waals surface area contributed by atoms with Gasteiger partial charge >= 0.3 is 6.18 Å². The lowest BCUT2D eigenvalue weighted by Crippen LogP contribution is -2.56. The van der Waals surface area contributed by atoms with Gasteiger partial charge in [-0.3, -0.25) is 14.8 Å². The fourth-order valence-electron chi connectivity index (χ4n) is 3.37. The third-order valence-corrected chi connectivity index (χ3v) is 5.70. The molecular formula is C21H34F3N5. The summed E-state index contributed by atoms with van der Waals surface area (Å²) >= 11 is 0. The average Bonchev–Trinajstić information content (AvgIpc) is 2.68. The second-order valence-electron chi connectivity index (χ2n) is 7.92. The van der Waals surface area contributed by atoms with Crippen LogP contribution < -0.4 is 5.32 Å². The lowest BCUT2D eigenvalue weighted by atomic mass is 10.1. The van der Waals surface area contributed by atoms with Gasteiger partial charge in [-0.15, -0.1) is 0 Å². The number of benzene rings is 1. The molecule has 1 atom stereocenters. The van der Waals surface area contributed by atoms with Crippen LogP contribution in [0.1, 0.15) is 31.9 Å². The molecule has 0 radical (unpaired) electrons. The maximum atomic E-state index is 12.9. The van der Waals surface area contributed by atoms with E-state index in [1.807, 2.05) is 17.0 Å². The number of guanidine groups is 1. The molecule has 0 saturated carbocycles. The topological polar surface area (TPSA) is 34.1 Å². The van der Waals surface area contributed by atoms with Gasteiger partial charge in [0, 0.05) is 52.4 Å². The summed E-state index contributed by atoms with van der Waals surface area (Å²) in [5.74, 6) is 0.733. The number of rotatable bonds is 6. The lowest BCUT2D eigenvalue weighted by Gasteiger charge is -2.39. The van der Waals surface area contributed by atoms with Crippen molar-refractivity contribution in [1.82, 2.24) is 20.0 Å². The number of hydrogen-bond acceptors (Lipinski definition) is 3. The summed E-state index contributed by atoms with van der Waals surface area (Å²) in [6.45, 7) is 8.86. The molecule has 1 saturated heterocycles. The van der Waals surface area contributed by atoms with Crippen LogP contribution in [-0.2, 0) is 13.1 Å². The quantitative estimate of drug-likeness (QED) is 0.574. The second-order valence-corrected chi connectivity index (χ2v) is 7.92. The number of piperazine rings is 1. The first-order valence-corrected chi connectivity index (χ1v) is 10.2. The van der Waals surface area contributed by atoms with Crippen molar-refractivity contribution in [1.29, 1.82) is 0 Å². The van der Waals surface area contributed by atoms with Gasteiger partial charge < -0.3 is 10.2 Å². The Morgan fingerprint density at radius 3 is 2.21 bits per heavy atom. The third-order valence-electron chi connectivity index (χ3n) is 5.70. The zero-order valence-corrected chi connectivity index (χ0v) is 18.1. The van der Waals surface area contributed by atoms with Crippen LogP contribution in [0.2, 0.25) is 0 Å². The number of aliphatic imine (C=N–C) groups is 1. The molecule has 0 amide bonds. The summed E-state index contributed by atoms with van der Waals surface area (Å²) in [6, 6.07) is 7.35. The highest BCUT2D eigenvalue weighted by atomic mass is 19.4. The van der Waals surface area contributed by atoms with Gasteiger partial charge in [0.25, 0.3) is 0 Å². The van der Waals surface area contributed by atoms with Crippen LogP contribution in [0, 0.1) is 0 Å². The average molecular weight is 414 g/mol. The van der Waals surface area contributed by atoms with E-state index in [9.17, 15) is 13.2 Å². The predicted octanol–water partition coefficient (Wildman–Crippen LogP) is 3.17. The summed E-state index contributed by atoms with van der Waals surface area (Å²) in [6.07, 6.45) is -4.19. The first-order chi connectivity index (χ1) is 13.6. The maximum absolute atomic E-state index is 12.9. The van der Waals surface area contributed by atoms with Crippen LogP contribution in [0.25, 0.3) is 0 Å². The molecule has 1 aromatic carbocycles. The maximum Gasteiger partial charge on any atom is 0.403 e. The summed E-state index contributed by atoms with van der Waals surface area (Å²) in [7, 11) is 3.82. The molecule has 5 nitrogen and oxygen atoms in total. The Bertz CT molecular complexity index is 667. The summed E-state index contributed by atoms with van der Waals surface area (Å²) in [5, 5.41) is 3.39. The largest absolute Gasteiger partial charge is 0.403 e. The normalized spacial score (nSPS) is 17.9. The van der Waals surface area contributed by atoms with Gasteiger partial charge in [0.2, 0.25) is 0 Å². The molecule has 2 rings (SSSR count). The van der Waals surface area contributed by atoms with Gasteiger partial charge in [-0.05, 0) is 38.9 Å². The van der Waals surface area contributed by atoms with Crippen LogP contribution in [0.15, 0.2) is 29.3 Å². The minimum atomic E-state index is -4.19. The van der Waals surface area contributed by atoms with Crippen molar-refractivity contribution in [3.05, 3.63) is 35.4 Å². The van der Waals surface area contributed by atoms with Crippen molar-refractivity contribution in [3.8, 4) is 0 Å². The fourth-order valence-corrected chi connectivity index (χ4v) is 3.37. The van der Waals surface area contributed by atoms with Crippen molar-refractivity contribution >= 4 is 5.96 Å². The predicted molar refractivity (Wildman–Crippen MR) is 112 cm³/mol. The Morgan fingerprint density at radius 2 is 1.69 bits per heavy atom. The second kappa shape index (κ2) is 10.3. The Morgan fingerprint density at radius 1 is 1.10 bits per heavy atom. The molecule has 1 fully saturated rings. The van der Waals surface area contributed by atoms with Gasteiger partial charge in [-0.1, -0.05) is 24.3 Å². The van der Waals surface area contributed by atoms with Crippen molar-refractivity contribution < 1.29 is 13.2 Å². The smallest absolute Gasteiger partial charge is 0.352 e. The molecular weight excluding hydrogens is 379 g/mol. The molecule has 8 heteroatoms. The van der Waals surface area contributed by atoms with Crippen LogP contribution in [0.3, 0.4) is 0 Å². The molecule has 1 aliphatic heterocycles. The molecule has 0 aromatic heterocycles. The molecule has 29 heavy (non-hydrogen) atoms. The van der Waals surface area contributed by atoms with Crippen molar-refractivity contribution in [2.24, 2.45) is 4.99 Å². The highest BCUT2D eigenvalue weighted by molar-refractivity contribution is 5.80. The van der Waals surface area contributed by atoms with Gasteiger partial charge in [-0.2, -0.15) is 13.2 Å². The zero-order chi connectivity index (χ0) is 21.6. The number of nitrogens with zero attached hydrogens (tertiary/aromatic N) is 4. The van der Waals surface area contributed by atoms with Crippen LogP contribution in [0.5, 0.6) is 0 Å². The van der Waals surface area contributed by atoms with E-state index >= 15 is 0 Å². The molecule has 1 aliphatic rings. The van der Waals surface area contributed by atoms with Crippen molar-refractivity contribution in [2.45, 2.75) is 52.1 Å². The third kappa shape index (κ3) is 6.60. The van der Waals surface area contributed by atoms with Crippen molar-refractivity contribution in [3.63, 3.8) is 0 Å². The van der Waals surface area contributed by atoms with E-state index in [0.29, 0.717) is 38.8 Å². The zero-order valence-electron chi connectivity index (χ0n) is 18.1. The fraction of sp³-hybridized carbons (Fsp3) is 0.667. The van der Waals surface area contributed by atoms with E-state index in [2.05, 4.69) is 48.2 Å². The standard InChI is InChI=1S/C21H34F3N5/c1-16(2)27(5)15-19-9-7-6-8-18(19)14-26-20(25-4)29-12-10-28(11-13-29)17(3)21(22,23)24/h6-9,16-17H,10-15H2,1-5H3,(H,25,26). The molecule has 164 valence electrons. The van der Waals surface area contributed by atoms with Crippen molar-refractivity contribution in [2.75, 3.05) is 40.3 Å². The van der Waals surface area contributed by atoms with E-state index in [-0.39, 0.29) is 0 Å². The highest BCUT2D eigenvalue weighted by Crippen LogP contribution is 2.25. The van der Waals surface area contributed by atoms with E-state index in [4.69, 9.17) is 0 Å². The van der Waals surface area contributed by atoms with Crippen LogP contribution in [-0.4, -0.2) is 79.2 Å². The molecule has 0 spiro atoms. The summed E-state index contributed by atoms with van der Waals surface area (Å²) < 4.78 is 38.8. The minimum absolute atomic E-state index is 0.372. The first-order valence-electron chi connectivity index (χ1n) is 10.2. The molecule has 0 bridgehead atoms. The van der Waals surface area contributed by atoms with E-state index in [1.165, 1.54) is 23.0 Å². The van der Waals surface area contributed by atoms with Gasteiger partial charge in [0.05, 0.1) is 0 Å². The molecule has 1 aromatic rings. The Balaban J connectivity index is 1.94. The Hall–Kier alpha value is -1.80. The Labute approximate surface area is 172 Å². The van der Waals surface area contributed by atoms with Gasteiger partial charge in [0.1, 0.15) is 6.04 Å². The molecule has 1 N–H and O–H groups in total. The SMILES string of the molecule is CN=C(NCc1ccccc1CN(C)C(C)C)N1CCN(C(C)C(F)(F)F)CC1. The highest BCUT2D eigenvalue weighted by Gasteiger charge is 2.41. The summed E-state index contributed by atoms with van der Waals surface area (Å²) in [4.78, 5) is 10.1. The first kappa shape index (κ1) is 23.5. The molecule has 1 unspecified atom stereocenters. The minimum Gasteiger partial charge on any atom is -0.352 e. The number of nitrogens with one attached hydrogen (secondary N) is 1. The van der Waals surface area contributed by atoms with E-state index in [0.717, 1.165) is 12.5 Å². The lowest BCUT2D eigenvalue weighted by molar-refractivity contribution is -0.181. The molecule has 1 heterocycles. The number of hydrogen-bond donors (Lipinski definition) is 1. The van der Waals surface area contributed by atoms with E-state index in [1.54, 1.807) is 7.05 Å². The summed E-state index contributed by atoms with van der Waals surface area (Å²) in [5.41, 5.74) is 2.46. The van der Waals surface area contributed by atoms with Gasteiger partial charge in [0.15, 0.2) is 5.96 Å². The molecule has 0 aliphatic carbocycles. The van der Waals surface area contributed by atoms with Crippen LogP contribution in [0.4, 0.5) is 13.2 Å². The van der Waals surface area contributed by atoms with E-state index < -0.39 is 12.2 Å². The Kier molecular flexibility index (Phi) is 8.34. The monoisotopic (exact) mass is 413 g/mol. The number of alkyl halides is 3. The number of halogens is 3.